The van der Waals surface area contributed by atoms with Gasteiger partial charge < -0.3 is 9.84 Å². The average Bonchev–Trinajstić information content (AvgIpc) is 2.96. The van der Waals surface area contributed by atoms with Gasteiger partial charge in [0.25, 0.3) is 0 Å². The lowest BCUT2D eigenvalue weighted by molar-refractivity contribution is -0.137. The Morgan fingerprint density at radius 3 is 2.29 bits per heavy atom. The minimum absolute atomic E-state index is 0.0360. The maximum Gasteiger partial charge on any atom is 0.303 e. The van der Waals surface area contributed by atoms with E-state index in [-0.39, 0.29) is 5.60 Å². The molecule has 0 bridgehead atoms. The zero-order valence-corrected chi connectivity index (χ0v) is 16.3. The van der Waals surface area contributed by atoms with Crippen molar-refractivity contribution >= 4 is 5.97 Å². The molecule has 1 fully saturated rings. The third-order valence-electron chi connectivity index (χ3n) is 5.58. The molecule has 0 aromatic rings. The molecule has 1 aliphatic rings. The van der Waals surface area contributed by atoms with Crippen molar-refractivity contribution in [3.63, 3.8) is 0 Å². The number of carboxylic acids is 1. The quantitative estimate of drug-likeness (QED) is 0.383. The van der Waals surface area contributed by atoms with Crippen molar-refractivity contribution in [2.75, 3.05) is 6.61 Å². The topological polar surface area (TPSA) is 46.5 Å². The van der Waals surface area contributed by atoms with Crippen LogP contribution in [0.2, 0.25) is 0 Å². The van der Waals surface area contributed by atoms with Crippen LogP contribution in [-0.2, 0) is 9.53 Å². The zero-order valence-electron chi connectivity index (χ0n) is 16.3. The van der Waals surface area contributed by atoms with Crippen LogP contribution >= 0.6 is 0 Å². The minimum atomic E-state index is -0.656. The van der Waals surface area contributed by atoms with E-state index >= 15 is 0 Å². The summed E-state index contributed by atoms with van der Waals surface area (Å²) < 4.78 is 5.95. The number of carbonyl (C=O) groups is 1. The second kappa shape index (κ2) is 11.9. The van der Waals surface area contributed by atoms with E-state index < -0.39 is 5.97 Å². The highest BCUT2D eigenvalue weighted by Gasteiger charge is 2.27. The summed E-state index contributed by atoms with van der Waals surface area (Å²) >= 11 is 0. The lowest BCUT2D eigenvalue weighted by Gasteiger charge is -2.27. The maximum atomic E-state index is 10.5. The Kier molecular flexibility index (Phi) is 10.6. The number of unbranched alkanes of at least 4 members (excludes halogenated alkanes) is 3. The first kappa shape index (κ1) is 21.5. The molecule has 0 unspecified atom stereocenters. The van der Waals surface area contributed by atoms with Crippen molar-refractivity contribution in [2.24, 2.45) is 11.8 Å². The predicted molar refractivity (Wildman–Crippen MR) is 100 cm³/mol. The molecule has 0 spiro atoms. The fourth-order valence-electron chi connectivity index (χ4n) is 4.15. The van der Waals surface area contributed by atoms with E-state index in [2.05, 4.69) is 20.8 Å². The third-order valence-corrected chi connectivity index (χ3v) is 5.58. The Bertz CT molecular complexity index is 338. The van der Waals surface area contributed by atoms with E-state index in [0.29, 0.717) is 6.42 Å². The van der Waals surface area contributed by atoms with E-state index in [1.54, 1.807) is 0 Å². The fraction of sp³-hybridized carbons (Fsp3) is 0.952. The van der Waals surface area contributed by atoms with Gasteiger partial charge in [-0.05, 0) is 44.9 Å². The molecule has 0 aliphatic heterocycles. The second-order valence-corrected chi connectivity index (χ2v) is 8.30. The number of carboxylic acid groups (broad SMARTS) is 1. The molecule has 0 radical (unpaired) electrons. The predicted octanol–water partition coefficient (Wildman–Crippen LogP) is 6.20. The van der Waals surface area contributed by atoms with E-state index in [9.17, 15) is 4.79 Å². The molecule has 3 heteroatoms. The molecule has 2 atom stereocenters. The summed E-state index contributed by atoms with van der Waals surface area (Å²) in [6, 6.07) is 0. The summed E-state index contributed by atoms with van der Waals surface area (Å²) in [7, 11) is 0. The summed E-state index contributed by atoms with van der Waals surface area (Å²) in [5.41, 5.74) is 0.0360. The standard InChI is InChI=1S/C21H40O3/c1-4-17-24-21(2,3)16-10-14-19-13-9-12-18(19)11-7-5-6-8-15-20(22)23/h18-19H,4-17H2,1-3H3,(H,22,23)/t18-,19+/m0/s1. The number of hydrogen-bond donors (Lipinski definition) is 1. The minimum Gasteiger partial charge on any atom is -0.481 e. The Morgan fingerprint density at radius 2 is 1.67 bits per heavy atom. The molecule has 1 rings (SSSR count). The van der Waals surface area contributed by atoms with Crippen LogP contribution in [0.25, 0.3) is 0 Å². The molecule has 3 nitrogen and oxygen atoms in total. The smallest absolute Gasteiger partial charge is 0.303 e. The fourth-order valence-corrected chi connectivity index (χ4v) is 4.15. The first-order valence-electron chi connectivity index (χ1n) is 10.3. The van der Waals surface area contributed by atoms with Crippen LogP contribution in [0.15, 0.2) is 0 Å². The molecule has 24 heavy (non-hydrogen) atoms. The van der Waals surface area contributed by atoms with Crippen molar-refractivity contribution in [1.82, 2.24) is 0 Å². The highest BCUT2D eigenvalue weighted by molar-refractivity contribution is 5.66. The normalized spacial score (nSPS) is 21.3. The summed E-state index contributed by atoms with van der Waals surface area (Å²) in [5.74, 6) is 1.19. The van der Waals surface area contributed by atoms with Gasteiger partial charge in [-0.15, -0.1) is 0 Å². The van der Waals surface area contributed by atoms with Crippen LogP contribution in [0, 0.1) is 11.8 Å². The van der Waals surface area contributed by atoms with Gasteiger partial charge in [-0.2, -0.15) is 0 Å². The molecule has 142 valence electrons. The van der Waals surface area contributed by atoms with Gasteiger partial charge in [0.15, 0.2) is 0 Å². The van der Waals surface area contributed by atoms with Gasteiger partial charge in [-0.1, -0.05) is 64.7 Å². The molecule has 1 N–H and O–H groups in total. The zero-order chi connectivity index (χ0) is 17.8. The van der Waals surface area contributed by atoms with Gasteiger partial charge in [0, 0.05) is 13.0 Å². The maximum absolute atomic E-state index is 10.5. The van der Waals surface area contributed by atoms with Gasteiger partial charge >= 0.3 is 5.97 Å². The molecular weight excluding hydrogens is 300 g/mol. The van der Waals surface area contributed by atoms with Crippen LogP contribution in [0.5, 0.6) is 0 Å². The monoisotopic (exact) mass is 340 g/mol. The molecule has 0 aromatic heterocycles. The molecule has 0 saturated heterocycles. The lowest BCUT2D eigenvalue weighted by Crippen LogP contribution is -2.25. The Morgan fingerprint density at radius 1 is 1.04 bits per heavy atom. The average molecular weight is 341 g/mol. The van der Waals surface area contributed by atoms with Gasteiger partial charge in [0.05, 0.1) is 5.60 Å². The Labute approximate surface area is 149 Å². The van der Waals surface area contributed by atoms with Crippen molar-refractivity contribution < 1.29 is 14.6 Å². The molecule has 1 aliphatic carbocycles. The highest BCUT2D eigenvalue weighted by Crippen LogP contribution is 2.39. The number of ether oxygens (including phenoxy) is 1. The summed E-state index contributed by atoms with van der Waals surface area (Å²) in [6.45, 7) is 7.50. The Hall–Kier alpha value is -0.570. The van der Waals surface area contributed by atoms with E-state index in [1.807, 2.05) is 0 Å². The van der Waals surface area contributed by atoms with Crippen molar-refractivity contribution in [3.05, 3.63) is 0 Å². The van der Waals surface area contributed by atoms with E-state index in [4.69, 9.17) is 9.84 Å². The van der Waals surface area contributed by atoms with E-state index in [0.717, 1.165) is 37.7 Å². The van der Waals surface area contributed by atoms with Crippen molar-refractivity contribution in [2.45, 2.75) is 110 Å². The molecule has 0 amide bonds. The lowest BCUT2D eigenvalue weighted by atomic mass is 9.86. The Balaban J connectivity index is 2.13. The third kappa shape index (κ3) is 9.66. The van der Waals surface area contributed by atoms with Crippen LogP contribution in [0.3, 0.4) is 0 Å². The van der Waals surface area contributed by atoms with Crippen LogP contribution in [-0.4, -0.2) is 23.3 Å². The number of rotatable bonds is 14. The molecule has 1 saturated carbocycles. The molecule has 0 heterocycles. The summed E-state index contributed by atoms with van der Waals surface area (Å²) in [6.07, 6.45) is 15.3. The number of aliphatic carboxylic acids is 1. The van der Waals surface area contributed by atoms with Gasteiger partial charge in [-0.3, -0.25) is 4.79 Å². The summed E-state index contributed by atoms with van der Waals surface area (Å²) in [4.78, 5) is 10.5. The molecular formula is C21H40O3. The van der Waals surface area contributed by atoms with Crippen LogP contribution in [0.1, 0.15) is 104 Å². The molecule has 0 aromatic carbocycles. The SMILES string of the molecule is CCCOC(C)(C)CCC[C@H]1CCC[C@@H]1CCCCCCC(=O)O. The van der Waals surface area contributed by atoms with E-state index in [1.165, 1.54) is 57.8 Å². The highest BCUT2D eigenvalue weighted by atomic mass is 16.5. The van der Waals surface area contributed by atoms with Gasteiger partial charge in [0.1, 0.15) is 0 Å². The number of hydrogen-bond acceptors (Lipinski definition) is 2. The summed E-state index contributed by atoms with van der Waals surface area (Å²) in [5, 5.41) is 8.66. The van der Waals surface area contributed by atoms with Crippen LogP contribution in [0.4, 0.5) is 0 Å². The van der Waals surface area contributed by atoms with Gasteiger partial charge in [0.2, 0.25) is 0 Å². The first-order chi connectivity index (χ1) is 11.4. The van der Waals surface area contributed by atoms with Gasteiger partial charge in [-0.25, -0.2) is 0 Å². The van der Waals surface area contributed by atoms with Crippen molar-refractivity contribution in [1.29, 1.82) is 0 Å². The first-order valence-corrected chi connectivity index (χ1v) is 10.3. The van der Waals surface area contributed by atoms with Crippen LogP contribution < -0.4 is 0 Å². The second-order valence-electron chi connectivity index (χ2n) is 8.30. The van der Waals surface area contributed by atoms with Crippen molar-refractivity contribution in [3.8, 4) is 0 Å². The largest absolute Gasteiger partial charge is 0.481 e.